The number of rotatable bonds is 5. The number of nitrogens with one attached hydrogen (secondary N) is 2. The van der Waals surface area contributed by atoms with Crippen LogP contribution in [0.15, 0.2) is 42.5 Å². The molecule has 0 atom stereocenters. The van der Waals surface area contributed by atoms with Crippen molar-refractivity contribution in [1.29, 1.82) is 0 Å². The highest BCUT2D eigenvalue weighted by atomic mass is 16.2. The zero-order valence-electron chi connectivity index (χ0n) is 13.8. The topological polar surface area (TPSA) is 61.4 Å². The number of likely N-dealkylation sites (N-methyl/N-ethyl adjacent to an activating group) is 1. The van der Waals surface area contributed by atoms with Crippen LogP contribution < -0.4 is 10.6 Å². The Bertz CT molecular complexity index is 697. The van der Waals surface area contributed by atoms with Crippen LogP contribution in [0.1, 0.15) is 19.4 Å². The Kier molecular flexibility index (Phi) is 5.71. The predicted molar refractivity (Wildman–Crippen MR) is 92.1 cm³/mol. The zero-order valence-corrected chi connectivity index (χ0v) is 13.8. The van der Waals surface area contributed by atoms with Crippen molar-refractivity contribution in [3.05, 3.63) is 48.0 Å². The van der Waals surface area contributed by atoms with Crippen molar-refractivity contribution in [2.24, 2.45) is 0 Å². The van der Waals surface area contributed by atoms with E-state index in [2.05, 4.69) is 41.0 Å². The summed E-state index contributed by atoms with van der Waals surface area (Å²) in [5, 5.41) is 7.33. The van der Waals surface area contributed by atoms with Crippen LogP contribution in [0, 0.1) is 0 Å². The number of benzene rings is 2. The quantitative estimate of drug-likeness (QED) is 0.891. The van der Waals surface area contributed by atoms with Gasteiger partial charge in [-0.3, -0.25) is 15.0 Å². The molecule has 0 saturated heterocycles. The highest BCUT2D eigenvalue weighted by Crippen LogP contribution is 2.16. The maximum atomic E-state index is 11.8. The number of fused-ring (bicyclic) bond motifs is 1. The van der Waals surface area contributed by atoms with Gasteiger partial charge in [0.25, 0.3) is 0 Å². The molecule has 0 aromatic heterocycles. The SMILES string of the molecule is CC(C)NC(=O)NC(=O)CN(C)Cc1ccc2ccccc2c1. The smallest absolute Gasteiger partial charge is 0.321 e. The van der Waals surface area contributed by atoms with Crippen LogP contribution in [-0.2, 0) is 11.3 Å². The molecule has 122 valence electrons. The van der Waals surface area contributed by atoms with E-state index >= 15 is 0 Å². The fraction of sp³-hybridized carbons (Fsp3) is 0.333. The van der Waals surface area contributed by atoms with Gasteiger partial charge in [0, 0.05) is 12.6 Å². The minimum absolute atomic E-state index is 0.00173. The summed E-state index contributed by atoms with van der Waals surface area (Å²) in [6, 6.07) is 14.0. The minimum Gasteiger partial charge on any atom is -0.336 e. The van der Waals surface area contributed by atoms with Crippen molar-refractivity contribution in [3.63, 3.8) is 0 Å². The molecule has 2 rings (SSSR count). The van der Waals surface area contributed by atoms with Crippen molar-refractivity contribution in [2.75, 3.05) is 13.6 Å². The summed E-state index contributed by atoms with van der Waals surface area (Å²) < 4.78 is 0. The summed E-state index contributed by atoms with van der Waals surface area (Å²) in [6.45, 7) is 4.49. The third kappa shape index (κ3) is 5.38. The Morgan fingerprint density at radius 1 is 1.09 bits per heavy atom. The Balaban J connectivity index is 1.89. The normalized spacial score (nSPS) is 11.0. The summed E-state index contributed by atoms with van der Waals surface area (Å²) >= 11 is 0. The van der Waals surface area contributed by atoms with E-state index in [1.165, 1.54) is 10.8 Å². The van der Waals surface area contributed by atoms with Gasteiger partial charge in [0.1, 0.15) is 0 Å². The average molecular weight is 313 g/mol. The third-order valence-corrected chi connectivity index (χ3v) is 3.35. The van der Waals surface area contributed by atoms with Gasteiger partial charge in [-0.1, -0.05) is 36.4 Å². The number of carbonyl (C=O) groups is 2. The largest absolute Gasteiger partial charge is 0.336 e. The molecule has 0 spiro atoms. The van der Waals surface area contributed by atoms with E-state index in [4.69, 9.17) is 0 Å². The van der Waals surface area contributed by atoms with Gasteiger partial charge in [0.2, 0.25) is 5.91 Å². The molecule has 5 heteroatoms. The first-order chi connectivity index (χ1) is 10.9. The van der Waals surface area contributed by atoms with Crippen LogP contribution in [0.4, 0.5) is 4.79 Å². The second kappa shape index (κ2) is 7.74. The van der Waals surface area contributed by atoms with Crippen LogP contribution in [0.3, 0.4) is 0 Å². The Morgan fingerprint density at radius 2 is 1.78 bits per heavy atom. The van der Waals surface area contributed by atoms with E-state index in [0.29, 0.717) is 6.54 Å². The number of nitrogens with zero attached hydrogens (tertiary/aromatic N) is 1. The highest BCUT2D eigenvalue weighted by molar-refractivity contribution is 5.95. The van der Waals surface area contributed by atoms with E-state index in [9.17, 15) is 9.59 Å². The van der Waals surface area contributed by atoms with E-state index in [1.54, 1.807) is 0 Å². The van der Waals surface area contributed by atoms with Crippen LogP contribution in [0.2, 0.25) is 0 Å². The first-order valence-corrected chi connectivity index (χ1v) is 7.70. The molecule has 3 amide bonds. The molecule has 0 aliphatic rings. The lowest BCUT2D eigenvalue weighted by Gasteiger charge is -2.17. The molecule has 5 nitrogen and oxygen atoms in total. The summed E-state index contributed by atoms with van der Waals surface area (Å²) in [5.74, 6) is -0.313. The lowest BCUT2D eigenvalue weighted by molar-refractivity contribution is -0.120. The van der Waals surface area contributed by atoms with Crippen molar-refractivity contribution in [3.8, 4) is 0 Å². The molecule has 2 aromatic carbocycles. The third-order valence-electron chi connectivity index (χ3n) is 3.35. The molecule has 23 heavy (non-hydrogen) atoms. The van der Waals surface area contributed by atoms with Gasteiger partial charge in [-0.15, -0.1) is 0 Å². The van der Waals surface area contributed by atoms with Gasteiger partial charge in [0.05, 0.1) is 6.54 Å². The fourth-order valence-corrected chi connectivity index (χ4v) is 2.41. The molecular formula is C18H23N3O2. The lowest BCUT2D eigenvalue weighted by atomic mass is 10.1. The Morgan fingerprint density at radius 3 is 2.48 bits per heavy atom. The molecule has 0 bridgehead atoms. The molecule has 0 aliphatic carbocycles. The van der Waals surface area contributed by atoms with E-state index in [1.807, 2.05) is 37.9 Å². The Hall–Kier alpha value is -2.40. The van der Waals surface area contributed by atoms with Gasteiger partial charge >= 0.3 is 6.03 Å². The molecule has 0 fully saturated rings. The summed E-state index contributed by atoms with van der Waals surface area (Å²) in [4.78, 5) is 25.2. The predicted octanol–water partition coefficient (Wildman–Crippen LogP) is 2.51. The van der Waals surface area contributed by atoms with E-state index in [0.717, 1.165) is 5.56 Å². The average Bonchev–Trinajstić information content (AvgIpc) is 2.45. The number of urea groups is 1. The molecule has 0 unspecified atom stereocenters. The highest BCUT2D eigenvalue weighted by Gasteiger charge is 2.11. The maximum Gasteiger partial charge on any atom is 0.321 e. The van der Waals surface area contributed by atoms with Gasteiger partial charge in [-0.05, 0) is 43.3 Å². The Labute approximate surface area is 136 Å². The van der Waals surface area contributed by atoms with Crippen LogP contribution in [0.25, 0.3) is 10.8 Å². The van der Waals surface area contributed by atoms with Crippen molar-refractivity contribution < 1.29 is 9.59 Å². The number of hydrogen-bond donors (Lipinski definition) is 2. The molecule has 2 aromatic rings. The lowest BCUT2D eigenvalue weighted by Crippen LogP contribution is -2.45. The summed E-state index contributed by atoms with van der Waals surface area (Å²) in [6.07, 6.45) is 0. The fourth-order valence-electron chi connectivity index (χ4n) is 2.41. The second-order valence-corrected chi connectivity index (χ2v) is 6.03. The maximum absolute atomic E-state index is 11.8. The number of hydrogen-bond acceptors (Lipinski definition) is 3. The van der Waals surface area contributed by atoms with E-state index < -0.39 is 6.03 Å². The van der Waals surface area contributed by atoms with E-state index in [-0.39, 0.29) is 18.5 Å². The zero-order chi connectivity index (χ0) is 16.8. The molecule has 0 aliphatic heterocycles. The minimum atomic E-state index is -0.455. The summed E-state index contributed by atoms with van der Waals surface area (Å²) in [7, 11) is 1.86. The van der Waals surface area contributed by atoms with Gasteiger partial charge < -0.3 is 5.32 Å². The monoisotopic (exact) mass is 313 g/mol. The van der Waals surface area contributed by atoms with Crippen LogP contribution in [-0.4, -0.2) is 36.5 Å². The summed E-state index contributed by atoms with van der Waals surface area (Å²) in [5.41, 5.74) is 1.13. The van der Waals surface area contributed by atoms with Gasteiger partial charge in [-0.2, -0.15) is 0 Å². The number of amides is 3. The molecule has 2 N–H and O–H groups in total. The number of carbonyl (C=O) groups excluding carboxylic acids is 2. The molecule has 0 heterocycles. The van der Waals surface area contributed by atoms with Crippen LogP contribution >= 0.6 is 0 Å². The molecule has 0 radical (unpaired) electrons. The number of imide groups is 1. The molecule has 0 saturated carbocycles. The van der Waals surface area contributed by atoms with Crippen molar-refractivity contribution in [2.45, 2.75) is 26.4 Å². The van der Waals surface area contributed by atoms with Gasteiger partial charge in [-0.25, -0.2) is 4.79 Å². The van der Waals surface area contributed by atoms with Gasteiger partial charge in [0.15, 0.2) is 0 Å². The van der Waals surface area contributed by atoms with Crippen LogP contribution in [0.5, 0.6) is 0 Å². The standard InChI is InChI=1S/C18H23N3O2/c1-13(2)19-18(23)20-17(22)12-21(3)11-14-8-9-15-6-4-5-7-16(15)10-14/h4-10,13H,11-12H2,1-3H3,(H2,19,20,22,23). The van der Waals surface area contributed by atoms with Crippen molar-refractivity contribution in [1.82, 2.24) is 15.5 Å². The molecular weight excluding hydrogens is 290 g/mol. The van der Waals surface area contributed by atoms with Crippen molar-refractivity contribution >= 4 is 22.7 Å². The first kappa shape index (κ1) is 17.0. The first-order valence-electron chi connectivity index (χ1n) is 7.70. The second-order valence-electron chi connectivity index (χ2n) is 6.03.